The molecule has 4 rings (SSSR count). The summed E-state index contributed by atoms with van der Waals surface area (Å²) < 4.78 is 0. The predicted molar refractivity (Wildman–Crippen MR) is 78.5 cm³/mol. The molecule has 1 fully saturated rings. The van der Waals surface area contributed by atoms with Crippen LogP contribution in [0.4, 0.5) is 0 Å². The summed E-state index contributed by atoms with van der Waals surface area (Å²) in [5, 5.41) is 3.52. The van der Waals surface area contributed by atoms with E-state index in [0.717, 1.165) is 36.9 Å². The third-order valence-corrected chi connectivity index (χ3v) is 4.30. The Morgan fingerprint density at radius 2 is 1.80 bits per heavy atom. The molecule has 0 unspecified atom stereocenters. The number of nitrogens with one attached hydrogen (secondary N) is 1. The Kier molecular flexibility index (Phi) is 3.00. The predicted octanol–water partition coefficient (Wildman–Crippen LogP) is 2.61. The molecule has 2 aliphatic rings. The molecule has 1 aromatic carbocycles. The van der Waals surface area contributed by atoms with Crippen molar-refractivity contribution in [3.63, 3.8) is 0 Å². The second kappa shape index (κ2) is 4.98. The first kappa shape index (κ1) is 12.0. The van der Waals surface area contributed by atoms with Gasteiger partial charge in [-0.2, -0.15) is 0 Å². The summed E-state index contributed by atoms with van der Waals surface area (Å²) in [6.07, 6.45) is 6.70. The Hall–Kier alpha value is -1.74. The molecule has 20 heavy (non-hydrogen) atoms. The van der Waals surface area contributed by atoms with Gasteiger partial charge in [0, 0.05) is 24.7 Å². The first-order valence-corrected chi connectivity index (χ1v) is 7.50. The molecule has 3 heteroatoms. The molecule has 2 aliphatic carbocycles. The number of rotatable bonds is 4. The third-order valence-electron chi connectivity index (χ3n) is 4.30. The fourth-order valence-electron chi connectivity index (χ4n) is 2.99. The fraction of sp³-hybridized carbons (Fsp3) is 0.412. The van der Waals surface area contributed by atoms with Gasteiger partial charge in [0.15, 0.2) is 0 Å². The summed E-state index contributed by atoms with van der Waals surface area (Å²) in [4.78, 5) is 9.27. The second-order valence-electron chi connectivity index (χ2n) is 5.94. The summed E-state index contributed by atoms with van der Waals surface area (Å²) in [6.45, 7) is 0.875. The Bertz CT molecular complexity index is 594. The summed E-state index contributed by atoms with van der Waals surface area (Å²) in [5.41, 5.74) is 4.04. The standard InChI is InChI=1S/C17H19N3/c1-2-4-13-10-14(9-12(13)3-1)17-18-8-7-16(20-17)11-19-15-5-6-15/h1-4,7-8,14-15,19H,5-6,9-11H2. The smallest absolute Gasteiger partial charge is 0.132 e. The van der Waals surface area contributed by atoms with E-state index in [1.54, 1.807) is 0 Å². The normalized spacial score (nSPS) is 18.2. The maximum atomic E-state index is 4.76. The number of hydrogen-bond donors (Lipinski definition) is 1. The largest absolute Gasteiger partial charge is 0.308 e. The molecule has 3 nitrogen and oxygen atoms in total. The van der Waals surface area contributed by atoms with Gasteiger partial charge >= 0.3 is 0 Å². The van der Waals surface area contributed by atoms with Crippen LogP contribution in [0.3, 0.4) is 0 Å². The Balaban J connectivity index is 1.50. The lowest BCUT2D eigenvalue weighted by molar-refractivity contribution is 0.640. The van der Waals surface area contributed by atoms with E-state index in [-0.39, 0.29) is 0 Å². The van der Waals surface area contributed by atoms with Crippen LogP contribution in [-0.4, -0.2) is 16.0 Å². The molecule has 1 heterocycles. The Morgan fingerprint density at radius 3 is 2.50 bits per heavy atom. The monoisotopic (exact) mass is 265 g/mol. The van der Waals surface area contributed by atoms with Crippen molar-refractivity contribution in [1.29, 1.82) is 0 Å². The minimum atomic E-state index is 0.452. The molecule has 0 spiro atoms. The van der Waals surface area contributed by atoms with E-state index >= 15 is 0 Å². The van der Waals surface area contributed by atoms with Crippen molar-refractivity contribution < 1.29 is 0 Å². The van der Waals surface area contributed by atoms with Crippen molar-refractivity contribution in [3.8, 4) is 0 Å². The lowest BCUT2D eigenvalue weighted by Crippen LogP contribution is -2.17. The van der Waals surface area contributed by atoms with E-state index in [0.29, 0.717) is 5.92 Å². The topological polar surface area (TPSA) is 37.8 Å². The van der Waals surface area contributed by atoms with Crippen LogP contribution in [0.25, 0.3) is 0 Å². The van der Waals surface area contributed by atoms with Crippen molar-refractivity contribution in [2.24, 2.45) is 0 Å². The molecule has 0 atom stereocenters. The zero-order chi connectivity index (χ0) is 13.4. The zero-order valence-corrected chi connectivity index (χ0v) is 11.5. The van der Waals surface area contributed by atoms with Crippen LogP contribution in [0, 0.1) is 0 Å². The third kappa shape index (κ3) is 2.46. The maximum Gasteiger partial charge on any atom is 0.132 e. The molecule has 0 aliphatic heterocycles. The number of benzene rings is 1. The average Bonchev–Trinajstić information content (AvgIpc) is 3.22. The van der Waals surface area contributed by atoms with Gasteiger partial charge in [0.2, 0.25) is 0 Å². The maximum absolute atomic E-state index is 4.76. The van der Waals surface area contributed by atoms with Gasteiger partial charge in [0.1, 0.15) is 5.82 Å². The molecule has 2 aromatic rings. The second-order valence-corrected chi connectivity index (χ2v) is 5.94. The van der Waals surface area contributed by atoms with E-state index in [4.69, 9.17) is 4.98 Å². The number of aromatic nitrogens is 2. The molecule has 0 bridgehead atoms. The Morgan fingerprint density at radius 1 is 1.05 bits per heavy atom. The van der Waals surface area contributed by atoms with Gasteiger partial charge < -0.3 is 5.32 Å². The molecule has 1 N–H and O–H groups in total. The SMILES string of the molecule is c1ccc2c(c1)CC(c1nccc(CNC3CC3)n1)C2. The van der Waals surface area contributed by atoms with Crippen molar-refractivity contribution in [2.75, 3.05) is 0 Å². The number of hydrogen-bond acceptors (Lipinski definition) is 3. The quantitative estimate of drug-likeness (QED) is 0.923. The van der Waals surface area contributed by atoms with Crippen molar-refractivity contribution in [1.82, 2.24) is 15.3 Å². The first-order chi connectivity index (χ1) is 9.88. The zero-order valence-electron chi connectivity index (χ0n) is 11.5. The van der Waals surface area contributed by atoms with E-state index in [1.165, 1.54) is 24.0 Å². The van der Waals surface area contributed by atoms with Gasteiger partial charge in [-0.05, 0) is 42.9 Å². The van der Waals surface area contributed by atoms with E-state index in [9.17, 15) is 0 Å². The van der Waals surface area contributed by atoms with Crippen LogP contribution < -0.4 is 5.32 Å². The minimum absolute atomic E-state index is 0.452. The van der Waals surface area contributed by atoms with Gasteiger partial charge in [0.05, 0.1) is 5.69 Å². The van der Waals surface area contributed by atoms with Crippen molar-refractivity contribution >= 4 is 0 Å². The van der Waals surface area contributed by atoms with Crippen LogP contribution >= 0.6 is 0 Å². The van der Waals surface area contributed by atoms with Gasteiger partial charge in [-0.3, -0.25) is 0 Å². The summed E-state index contributed by atoms with van der Waals surface area (Å²) in [7, 11) is 0. The highest BCUT2D eigenvalue weighted by atomic mass is 15.0. The van der Waals surface area contributed by atoms with Gasteiger partial charge in [0.25, 0.3) is 0 Å². The number of nitrogens with zero attached hydrogens (tertiary/aromatic N) is 2. The summed E-state index contributed by atoms with van der Waals surface area (Å²) in [6, 6.07) is 11.5. The van der Waals surface area contributed by atoms with E-state index in [1.807, 2.05) is 12.3 Å². The molecule has 0 radical (unpaired) electrons. The van der Waals surface area contributed by atoms with Crippen LogP contribution in [0.1, 0.15) is 41.4 Å². The van der Waals surface area contributed by atoms with Crippen LogP contribution in [-0.2, 0) is 19.4 Å². The van der Waals surface area contributed by atoms with Crippen LogP contribution in [0.5, 0.6) is 0 Å². The molecule has 1 aromatic heterocycles. The van der Waals surface area contributed by atoms with E-state index in [2.05, 4.69) is 34.6 Å². The molecular formula is C17H19N3. The highest BCUT2D eigenvalue weighted by Gasteiger charge is 2.25. The van der Waals surface area contributed by atoms with Crippen molar-refractivity contribution in [2.45, 2.75) is 44.2 Å². The summed E-state index contributed by atoms with van der Waals surface area (Å²) >= 11 is 0. The minimum Gasteiger partial charge on any atom is -0.308 e. The highest BCUT2D eigenvalue weighted by Crippen LogP contribution is 2.32. The first-order valence-electron chi connectivity index (χ1n) is 7.50. The lowest BCUT2D eigenvalue weighted by Gasteiger charge is -2.09. The van der Waals surface area contributed by atoms with Crippen LogP contribution in [0.15, 0.2) is 36.5 Å². The summed E-state index contributed by atoms with van der Waals surface area (Å²) in [5.74, 6) is 1.46. The molecule has 1 saturated carbocycles. The van der Waals surface area contributed by atoms with Gasteiger partial charge in [-0.25, -0.2) is 9.97 Å². The van der Waals surface area contributed by atoms with Gasteiger partial charge in [-0.15, -0.1) is 0 Å². The van der Waals surface area contributed by atoms with Crippen molar-refractivity contribution in [3.05, 3.63) is 59.2 Å². The molecule has 102 valence electrons. The molecule has 0 amide bonds. The molecular weight excluding hydrogens is 246 g/mol. The number of fused-ring (bicyclic) bond motifs is 1. The fourth-order valence-corrected chi connectivity index (χ4v) is 2.99. The average molecular weight is 265 g/mol. The molecule has 0 saturated heterocycles. The Labute approximate surface area is 119 Å². The highest BCUT2D eigenvalue weighted by molar-refractivity contribution is 5.35. The lowest BCUT2D eigenvalue weighted by atomic mass is 10.1. The van der Waals surface area contributed by atoms with E-state index < -0.39 is 0 Å². The van der Waals surface area contributed by atoms with Crippen LogP contribution in [0.2, 0.25) is 0 Å². The van der Waals surface area contributed by atoms with Gasteiger partial charge in [-0.1, -0.05) is 24.3 Å².